The number of nitrogen functional groups attached to an aromatic ring is 1. The number of nitrogens with two attached hydrogens (primary N) is 1. The normalized spacial score (nSPS) is 12.5. The predicted molar refractivity (Wildman–Crippen MR) is 145 cm³/mol. The summed E-state index contributed by atoms with van der Waals surface area (Å²) < 4.78 is 0. The van der Waals surface area contributed by atoms with E-state index in [1.54, 1.807) is 24.3 Å². The zero-order chi connectivity index (χ0) is 26.4. The fourth-order valence-electron chi connectivity index (χ4n) is 4.44. The molecule has 4 N–H and O–H groups in total. The fourth-order valence-corrected chi connectivity index (χ4v) is 4.44. The number of carbonyl (C=O) groups excluding carboxylic acids is 1. The predicted octanol–water partition coefficient (Wildman–Crippen LogP) is 4.27. The van der Waals surface area contributed by atoms with Gasteiger partial charge in [0.2, 0.25) is 0 Å². The first-order valence-electron chi connectivity index (χ1n) is 12.2. The summed E-state index contributed by atoms with van der Waals surface area (Å²) in [4.78, 5) is 28.1. The SMILES string of the molecule is Cc1cc(C#CCN(Cc2cccc(C(=O)O)c2)c2cccc(C(=N)N)c2)ccc1C(=O)N1CCCC1. The lowest BCUT2D eigenvalue weighted by Crippen LogP contribution is -2.28. The topological polar surface area (TPSA) is 111 Å². The summed E-state index contributed by atoms with van der Waals surface area (Å²) in [5.41, 5.74) is 10.6. The number of aromatic carboxylic acids is 1. The number of hydrogen-bond acceptors (Lipinski definition) is 4. The van der Waals surface area contributed by atoms with Crippen LogP contribution in [0.4, 0.5) is 5.69 Å². The second-order valence-corrected chi connectivity index (χ2v) is 9.16. The molecule has 1 aliphatic heterocycles. The number of likely N-dealkylation sites (tertiary alicyclic amines) is 1. The van der Waals surface area contributed by atoms with Gasteiger partial charge < -0.3 is 20.6 Å². The summed E-state index contributed by atoms with van der Waals surface area (Å²) in [5, 5.41) is 17.1. The van der Waals surface area contributed by atoms with Crippen LogP contribution in [0.5, 0.6) is 0 Å². The van der Waals surface area contributed by atoms with Gasteiger partial charge in [-0.1, -0.05) is 36.1 Å². The number of hydrogen-bond donors (Lipinski definition) is 3. The Labute approximate surface area is 217 Å². The summed E-state index contributed by atoms with van der Waals surface area (Å²) in [7, 11) is 0. The molecule has 1 saturated heterocycles. The van der Waals surface area contributed by atoms with E-state index in [4.69, 9.17) is 11.1 Å². The van der Waals surface area contributed by atoms with E-state index in [1.165, 1.54) is 0 Å². The Hall–Kier alpha value is -4.57. The molecule has 0 saturated carbocycles. The van der Waals surface area contributed by atoms with E-state index in [-0.39, 0.29) is 17.3 Å². The fraction of sp³-hybridized carbons (Fsp3) is 0.233. The van der Waals surface area contributed by atoms with Crippen molar-refractivity contribution in [1.29, 1.82) is 5.41 Å². The van der Waals surface area contributed by atoms with Gasteiger partial charge in [-0.15, -0.1) is 0 Å². The summed E-state index contributed by atoms with van der Waals surface area (Å²) in [5.74, 6) is 5.49. The molecule has 1 amide bonds. The maximum atomic E-state index is 12.8. The van der Waals surface area contributed by atoms with E-state index in [9.17, 15) is 14.7 Å². The molecule has 1 fully saturated rings. The Morgan fingerprint density at radius 2 is 1.76 bits per heavy atom. The van der Waals surface area contributed by atoms with Gasteiger partial charge in [-0.05, 0) is 73.4 Å². The van der Waals surface area contributed by atoms with E-state index >= 15 is 0 Å². The van der Waals surface area contributed by atoms with Crippen LogP contribution < -0.4 is 10.6 Å². The van der Waals surface area contributed by atoms with Crippen LogP contribution in [0.1, 0.15) is 55.8 Å². The number of carbonyl (C=O) groups is 2. The maximum absolute atomic E-state index is 12.8. The highest BCUT2D eigenvalue weighted by Crippen LogP contribution is 2.20. The van der Waals surface area contributed by atoms with Crippen LogP contribution in [0.3, 0.4) is 0 Å². The van der Waals surface area contributed by atoms with Crippen molar-refractivity contribution in [1.82, 2.24) is 4.90 Å². The lowest BCUT2D eigenvalue weighted by molar-refractivity contribution is 0.0696. The van der Waals surface area contributed by atoms with Crippen LogP contribution in [0.15, 0.2) is 66.7 Å². The molecule has 7 nitrogen and oxygen atoms in total. The molecular weight excluding hydrogens is 464 g/mol. The number of rotatable bonds is 7. The number of benzene rings is 3. The molecule has 0 unspecified atom stereocenters. The third kappa shape index (κ3) is 6.36. The standard InChI is InChI=1S/C30H30N4O3/c1-21-17-22(12-13-27(21)29(35)33-14-2-3-15-33)8-6-16-34(26-11-5-9-24(19-26)28(31)32)20-23-7-4-10-25(18-23)30(36)37/h4-5,7,9-13,17-19H,2-3,14-16,20H2,1H3,(H3,31,32)(H,36,37). The van der Waals surface area contributed by atoms with Gasteiger partial charge in [0.15, 0.2) is 0 Å². The maximum Gasteiger partial charge on any atom is 0.335 e. The number of nitrogens with zero attached hydrogens (tertiary/aromatic N) is 2. The molecule has 1 heterocycles. The van der Waals surface area contributed by atoms with Crippen molar-refractivity contribution >= 4 is 23.4 Å². The van der Waals surface area contributed by atoms with Crippen molar-refractivity contribution in [3.63, 3.8) is 0 Å². The Kier molecular flexibility index (Phi) is 7.89. The number of anilines is 1. The van der Waals surface area contributed by atoms with Gasteiger partial charge in [0.1, 0.15) is 5.84 Å². The van der Waals surface area contributed by atoms with Crippen LogP contribution in [-0.4, -0.2) is 47.4 Å². The quantitative estimate of drug-likeness (QED) is 0.258. The number of aryl methyl sites for hydroxylation is 1. The molecule has 0 atom stereocenters. The number of amidine groups is 1. The van der Waals surface area contributed by atoms with Gasteiger partial charge in [0, 0.05) is 42.0 Å². The van der Waals surface area contributed by atoms with Gasteiger partial charge >= 0.3 is 5.97 Å². The second-order valence-electron chi connectivity index (χ2n) is 9.16. The Balaban J connectivity index is 1.56. The smallest absolute Gasteiger partial charge is 0.335 e. The molecular formula is C30H30N4O3. The summed E-state index contributed by atoms with van der Waals surface area (Å²) in [6.07, 6.45) is 2.11. The number of carboxylic acid groups (broad SMARTS) is 1. The Bertz CT molecular complexity index is 1400. The first kappa shape index (κ1) is 25.5. The van der Waals surface area contributed by atoms with Crippen molar-refractivity contribution in [2.24, 2.45) is 5.73 Å². The third-order valence-electron chi connectivity index (χ3n) is 6.42. The molecule has 0 aromatic heterocycles. The number of carboxylic acids is 1. The molecule has 4 rings (SSSR count). The van der Waals surface area contributed by atoms with Crippen molar-refractivity contribution in [3.8, 4) is 11.8 Å². The molecule has 3 aromatic carbocycles. The molecule has 37 heavy (non-hydrogen) atoms. The molecule has 188 valence electrons. The molecule has 7 heteroatoms. The van der Waals surface area contributed by atoms with Crippen LogP contribution in [0, 0.1) is 24.2 Å². The van der Waals surface area contributed by atoms with E-state index < -0.39 is 5.97 Å². The summed E-state index contributed by atoms with van der Waals surface area (Å²) >= 11 is 0. The van der Waals surface area contributed by atoms with Gasteiger partial charge in [-0.2, -0.15) is 0 Å². The minimum Gasteiger partial charge on any atom is -0.478 e. The van der Waals surface area contributed by atoms with Crippen molar-refractivity contribution in [2.75, 3.05) is 24.5 Å². The highest BCUT2D eigenvalue weighted by Gasteiger charge is 2.20. The zero-order valence-corrected chi connectivity index (χ0v) is 20.8. The van der Waals surface area contributed by atoms with Crippen molar-refractivity contribution in [2.45, 2.75) is 26.3 Å². The first-order chi connectivity index (χ1) is 17.8. The Morgan fingerprint density at radius 3 is 2.46 bits per heavy atom. The number of nitrogens with one attached hydrogen (secondary N) is 1. The van der Waals surface area contributed by atoms with Gasteiger partial charge in [-0.25, -0.2) is 4.79 Å². The monoisotopic (exact) mass is 494 g/mol. The minimum atomic E-state index is -0.978. The highest BCUT2D eigenvalue weighted by molar-refractivity contribution is 5.96. The lowest BCUT2D eigenvalue weighted by atomic mass is 10.0. The van der Waals surface area contributed by atoms with Gasteiger partial charge in [0.05, 0.1) is 12.1 Å². The molecule has 1 aliphatic rings. The lowest BCUT2D eigenvalue weighted by Gasteiger charge is -2.23. The average molecular weight is 495 g/mol. The van der Waals surface area contributed by atoms with E-state index in [0.29, 0.717) is 24.2 Å². The summed E-state index contributed by atoms with van der Waals surface area (Å²) in [6, 6.07) is 19.8. The molecule has 3 aromatic rings. The highest BCUT2D eigenvalue weighted by atomic mass is 16.4. The van der Waals surface area contributed by atoms with Crippen LogP contribution in [-0.2, 0) is 6.54 Å². The first-order valence-corrected chi connectivity index (χ1v) is 12.2. The minimum absolute atomic E-state index is 0.0280. The van der Waals surface area contributed by atoms with E-state index in [2.05, 4.69) is 11.8 Å². The number of amides is 1. The van der Waals surface area contributed by atoms with Crippen LogP contribution >= 0.6 is 0 Å². The van der Waals surface area contributed by atoms with Crippen molar-refractivity contribution in [3.05, 3.63) is 100 Å². The molecule has 0 bridgehead atoms. The van der Waals surface area contributed by atoms with Gasteiger partial charge in [0.25, 0.3) is 5.91 Å². The Morgan fingerprint density at radius 1 is 1.03 bits per heavy atom. The van der Waals surface area contributed by atoms with E-state index in [0.717, 1.165) is 48.3 Å². The third-order valence-corrected chi connectivity index (χ3v) is 6.42. The van der Waals surface area contributed by atoms with Crippen molar-refractivity contribution < 1.29 is 14.7 Å². The van der Waals surface area contributed by atoms with Crippen LogP contribution in [0.2, 0.25) is 0 Å². The summed E-state index contributed by atoms with van der Waals surface area (Å²) in [6.45, 7) is 4.36. The largest absolute Gasteiger partial charge is 0.478 e. The molecule has 0 aliphatic carbocycles. The van der Waals surface area contributed by atoms with E-state index in [1.807, 2.05) is 59.2 Å². The molecule has 0 radical (unpaired) electrons. The van der Waals surface area contributed by atoms with Crippen LogP contribution in [0.25, 0.3) is 0 Å². The zero-order valence-electron chi connectivity index (χ0n) is 20.8. The average Bonchev–Trinajstić information content (AvgIpc) is 3.43. The second kappa shape index (κ2) is 11.4. The van der Waals surface area contributed by atoms with Gasteiger partial charge in [-0.3, -0.25) is 10.2 Å². The molecule has 0 spiro atoms.